The SMILES string of the molecule is COS(=S)(=S)SSSSSSSSSSSSSSSSSSSSSSSSSSSSSSSSSSSSSSSSSSSSSSSSSSSSSSSSSSSSSSSSSSSSSSSSSSSSSSSSSSSSSSSSO. The molecule has 2 nitrogen and oxygen atoms in total. The van der Waals surface area contributed by atoms with Gasteiger partial charge in [-0.3, -0.25) is 0 Å². The molecule has 94 heavy (non-hydrogen) atoms. The number of hydrogen-bond donors (Lipinski definition) is 1. The molecule has 0 aromatic carbocycles. The van der Waals surface area contributed by atoms with Gasteiger partial charge in [-0.05, 0) is 22.4 Å². The molecule has 0 atom stereocenters. The van der Waals surface area contributed by atoms with Crippen LogP contribution in [0.25, 0.3) is 0 Å². The molecule has 0 saturated carbocycles. The molecule has 0 aliphatic carbocycles. The maximum atomic E-state index is 8.64. The van der Waals surface area contributed by atoms with Gasteiger partial charge in [0, 0.05) is 855 Å². The third-order valence-corrected chi connectivity index (χ3v) is 201. The second-order valence-electron chi connectivity index (χ2n) is 6.57. The topological polar surface area (TPSA) is 29.5 Å². The van der Waals surface area contributed by atoms with Gasteiger partial charge in [0.15, 0.2) is 0 Å². The van der Waals surface area contributed by atoms with Crippen LogP contribution in [0.1, 0.15) is 0 Å². The van der Waals surface area contributed by atoms with Crippen LogP contribution in [0.2, 0.25) is 0 Å². The largest absolute Gasteiger partial charge is 0.320 e. The molecule has 0 aromatic heterocycles. The monoisotopic (exact) mass is 2960 g/mol. The van der Waals surface area contributed by atoms with E-state index in [9.17, 15) is 0 Å². The first-order valence-electron chi connectivity index (χ1n) is 15.8. The molecule has 0 saturated heterocycles. The van der Waals surface area contributed by atoms with Gasteiger partial charge in [0.05, 0.1) is 24.6 Å². The van der Waals surface area contributed by atoms with Crippen molar-refractivity contribution in [2.24, 2.45) is 0 Å². The third-order valence-electron chi connectivity index (χ3n) is 2.71. The molecule has 0 aromatic rings. The van der Waals surface area contributed by atoms with E-state index in [1.54, 1.807) is 194 Å². The molecular weight excluding hydrogens is 2960 g/mol. The Morgan fingerprint density at radius 2 is 0.223 bits per heavy atom. The minimum absolute atomic E-state index is 0.791. The predicted molar refractivity (Wildman–Crippen MR) is 700 cm³/mol. The van der Waals surface area contributed by atoms with Crippen LogP contribution in [0.15, 0.2) is 0 Å². The molecule has 0 radical (unpaired) electrons. The molecule has 0 bridgehead atoms. The highest BCUT2D eigenvalue weighted by Crippen LogP contribution is 2.73. The predicted octanol–water partition coefficient (Wildman–Crippen LogP) is 57.1. The molecule has 0 fully saturated rings. The molecule has 0 spiro atoms. The highest BCUT2D eigenvalue weighted by atomic mass is 34.1. The van der Waals surface area contributed by atoms with Gasteiger partial charge in [0.25, 0.3) is 0 Å². The smallest absolute Gasteiger partial charge is 0.0817 e. The standard InChI is InChI=1S/CH4O2S91/c1-3-94(4,5)93-92-91-90-89-88-87-86-85-84-83-82-81-80-79-78-77-76-75-74-73-72-71-70-69-68-67-66-65-64-63-62-61-60-59-58-57-56-55-54-53-52-51-50-49-48-47-46-45-44-43-42-41-40-39-38-37-36-35-34-33-32-31-30-29-28-27-26-25-24-23-22-21-20-19-18-17-16-15-14-13-12-11-10-9-8-7-6-2/h2H,1H3. The maximum absolute atomic E-state index is 8.64. The Morgan fingerprint density at radius 1 is 0.149 bits per heavy atom. The fraction of sp³-hybridized carbons (Fsp3) is 1.00. The van der Waals surface area contributed by atoms with Crippen molar-refractivity contribution in [2.75, 3.05) is 7.11 Å². The maximum Gasteiger partial charge on any atom is 0.0817 e. The van der Waals surface area contributed by atoms with Gasteiger partial charge in [0.1, 0.15) is 0 Å². The lowest BCUT2D eigenvalue weighted by atomic mass is 11.8. The number of rotatable bonds is 89. The fourth-order valence-electron chi connectivity index (χ4n) is 1.04. The van der Waals surface area contributed by atoms with Gasteiger partial charge in [-0.2, -0.15) is 0 Å². The van der Waals surface area contributed by atoms with Gasteiger partial charge in [0.2, 0.25) is 0 Å². The van der Waals surface area contributed by atoms with E-state index < -0.39 is 6.46 Å². The zero-order valence-electron chi connectivity index (χ0n) is 39.0. The van der Waals surface area contributed by atoms with E-state index in [-0.39, 0.29) is 0 Å². The summed E-state index contributed by atoms with van der Waals surface area (Å²) in [6.45, 7) is -1.81. The highest BCUT2D eigenvalue weighted by molar-refractivity contribution is 9.67. The van der Waals surface area contributed by atoms with E-state index in [0.717, 1.165) is 11.1 Å². The Balaban J connectivity index is 3.10. The van der Waals surface area contributed by atoms with E-state index in [1.165, 1.54) is 19.7 Å². The van der Waals surface area contributed by atoms with E-state index in [0.29, 0.717) is 0 Å². The van der Waals surface area contributed by atoms with Crippen molar-refractivity contribution in [3.63, 3.8) is 0 Å². The van der Waals surface area contributed by atoms with Gasteiger partial charge in [-0.1, -0.05) is 0 Å². The van der Waals surface area contributed by atoms with Crippen LogP contribution in [0, 0.1) is 0 Å². The second-order valence-corrected chi connectivity index (χ2v) is 168. The van der Waals surface area contributed by atoms with Crippen molar-refractivity contribution in [3.05, 3.63) is 0 Å². The lowest BCUT2D eigenvalue weighted by molar-refractivity contribution is 0.491. The van der Waals surface area contributed by atoms with Gasteiger partial charge < -0.3 is 8.74 Å². The normalized spacial score (nSPS) is 12.0. The van der Waals surface area contributed by atoms with E-state index in [4.69, 9.17) is 31.1 Å². The van der Waals surface area contributed by atoms with Gasteiger partial charge in [-0.15, -0.1) is 0 Å². The van der Waals surface area contributed by atoms with Crippen molar-refractivity contribution >= 4 is 895 Å². The minimum atomic E-state index is -1.81. The summed E-state index contributed by atoms with van der Waals surface area (Å²) >= 11 is 11.2. The van der Waals surface area contributed by atoms with Crippen LogP contribution in [0.3, 0.4) is 0 Å². The van der Waals surface area contributed by atoms with Crippen LogP contribution in [-0.4, -0.2) is 11.7 Å². The van der Waals surface area contributed by atoms with E-state index in [2.05, 4.69) is 0 Å². The molecule has 566 valence electrons. The lowest BCUT2D eigenvalue weighted by Gasteiger charge is -2.03. The molecular formula is CH4O2S91. The second kappa shape index (κ2) is 119. The highest BCUT2D eigenvalue weighted by Gasteiger charge is 2.09. The number of hydrogen-bond acceptors (Lipinski definition) is 92. The Kier molecular flexibility index (Phi) is 158. The summed E-state index contributed by atoms with van der Waals surface area (Å²) < 4.78 is 13.8. The zero-order chi connectivity index (χ0) is 67.4. The Bertz CT molecular complexity index is 1390. The Hall–Kier alpha value is 31.5. The van der Waals surface area contributed by atoms with Crippen molar-refractivity contribution in [3.8, 4) is 0 Å². The summed E-state index contributed by atoms with van der Waals surface area (Å²) in [5, 5.41) is 0. The van der Waals surface area contributed by atoms with Crippen LogP contribution < -0.4 is 0 Å². The van der Waals surface area contributed by atoms with Crippen molar-refractivity contribution < 1.29 is 8.74 Å². The first-order chi connectivity index (χ1) is 46.6. The average Bonchev–Trinajstić information content (AvgIpc) is 3.64. The first-order valence-corrected chi connectivity index (χ1v) is 136. The molecule has 93 heteroatoms. The molecule has 1 N–H and O–H groups in total. The van der Waals surface area contributed by atoms with Gasteiger partial charge in [-0.25, -0.2) is 0 Å². The molecule has 0 unspecified atom stereocenters. The summed E-state index contributed by atoms with van der Waals surface area (Å²) in [7, 11) is 158. The van der Waals surface area contributed by atoms with Crippen LogP contribution in [0.5, 0.6) is 0 Å². The average molecular weight is 2970 g/mol. The van der Waals surface area contributed by atoms with Crippen LogP contribution in [-0.2, 0) is 33.0 Å². The Morgan fingerprint density at radius 3 is 0.298 bits per heavy atom. The quantitative estimate of drug-likeness (QED) is 0.0356. The summed E-state index contributed by atoms with van der Waals surface area (Å²) in [4.78, 5) is 0. The van der Waals surface area contributed by atoms with Crippen LogP contribution in [0.4, 0.5) is 0 Å². The molecule has 0 rings (SSSR count). The molecule has 0 amide bonds. The van der Waals surface area contributed by atoms with Crippen molar-refractivity contribution in [1.82, 2.24) is 0 Å². The lowest BCUT2D eigenvalue weighted by Crippen LogP contribution is -1.87. The third kappa shape index (κ3) is 120. The van der Waals surface area contributed by atoms with Crippen LogP contribution >= 0.6 is 866 Å². The van der Waals surface area contributed by atoms with Gasteiger partial charge >= 0.3 is 0 Å². The summed E-state index contributed by atoms with van der Waals surface area (Å²) in [5.41, 5.74) is 0. The molecule has 0 aliphatic heterocycles. The van der Waals surface area contributed by atoms with E-state index >= 15 is 0 Å². The molecule has 0 aliphatic rings. The van der Waals surface area contributed by atoms with E-state index in [1.807, 2.05) is 649 Å². The minimum Gasteiger partial charge on any atom is -0.320 e. The summed E-state index contributed by atoms with van der Waals surface area (Å²) in [6.07, 6.45) is 0. The van der Waals surface area contributed by atoms with Crippen molar-refractivity contribution in [2.45, 2.75) is 0 Å². The summed E-state index contributed by atoms with van der Waals surface area (Å²) in [6, 6.07) is 0. The first kappa shape index (κ1) is 126. The summed E-state index contributed by atoms with van der Waals surface area (Å²) in [5.74, 6) is 0. The van der Waals surface area contributed by atoms with Crippen molar-refractivity contribution in [1.29, 1.82) is 0 Å². The zero-order valence-corrected chi connectivity index (χ0v) is 113. The fourth-order valence-corrected chi connectivity index (χ4v) is 242. The molecule has 0 heterocycles. The Labute approximate surface area is 884 Å².